The van der Waals surface area contributed by atoms with Gasteiger partial charge in [0.2, 0.25) is 17.6 Å². The first-order valence-corrected chi connectivity index (χ1v) is 10.7. The van der Waals surface area contributed by atoms with Gasteiger partial charge in [-0.05, 0) is 35.2 Å². The first-order chi connectivity index (χ1) is 13.7. The molecule has 3 aromatic rings. The molecule has 1 fully saturated rings. The molecule has 1 saturated heterocycles. The highest BCUT2D eigenvalue weighted by Gasteiger charge is 2.21. The molecule has 8 heteroatoms. The van der Waals surface area contributed by atoms with Gasteiger partial charge in [-0.25, -0.2) is 0 Å². The Labute approximate surface area is 175 Å². The molecule has 0 bridgehead atoms. The van der Waals surface area contributed by atoms with Crippen LogP contribution in [0.2, 0.25) is 0 Å². The fourth-order valence-electron chi connectivity index (χ4n) is 3.03. The summed E-state index contributed by atoms with van der Waals surface area (Å²) >= 11 is 5.03. The number of aromatic nitrogens is 2. The minimum absolute atomic E-state index is 0.0393. The summed E-state index contributed by atoms with van der Waals surface area (Å²) < 4.78 is 6.37. The average Bonchev–Trinajstić information content (AvgIpc) is 3.38. The van der Waals surface area contributed by atoms with E-state index in [2.05, 4.69) is 31.0 Å². The van der Waals surface area contributed by atoms with Crippen LogP contribution in [0.5, 0.6) is 0 Å². The molecule has 0 saturated carbocycles. The first kappa shape index (κ1) is 19.0. The van der Waals surface area contributed by atoms with Gasteiger partial charge in [0.15, 0.2) is 0 Å². The van der Waals surface area contributed by atoms with Gasteiger partial charge in [-0.3, -0.25) is 9.69 Å². The van der Waals surface area contributed by atoms with Gasteiger partial charge in [-0.15, -0.1) is 11.3 Å². The lowest BCUT2D eigenvalue weighted by Crippen LogP contribution is -2.47. The smallest absolute Gasteiger partial charge is 0.246 e. The molecule has 144 valence electrons. The van der Waals surface area contributed by atoms with E-state index < -0.39 is 0 Å². The zero-order valence-electron chi connectivity index (χ0n) is 15.1. The highest BCUT2D eigenvalue weighted by atomic mass is 79.9. The van der Waals surface area contributed by atoms with E-state index in [0.29, 0.717) is 31.3 Å². The number of hydrogen-bond acceptors (Lipinski definition) is 6. The Morgan fingerprint density at radius 3 is 2.82 bits per heavy atom. The Kier molecular flexibility index (Phi) is 5.99. The lowest BCUT2D eigenvalue weighted by atomic mass is 10.2. The van der Waals surface area contributed by atoms with Crippen molar-refractivity contribution in [2.45, 2.75) is 6.54 Å². The van der Waals surface area contributed by atoms with Crippen molar-refractivity contribution in [2.75, 3.05) is 26.2 Å². The van der Waals surface area contributed by atoms with Crippen molar-refractivity contribution in [1.29, 1.82) is 0 Å². The monoisotopic (exact) mass is 458 g/mol. The van der Waals surface area contributed by atoms with Gasteiger partial charge in [0, 0.05) is 36.7 Å². The highest BCUT2D eigenvalue weighted by Crippen LogP contribution is 2.21. The van der Waals surface area contributed by atoms with Crippen LogP contribution in [0.25, 0.3) is 16.8 Å². The number of amides is 1. The molecule has 28 heavy (non-hydrogen) atoms. The topological polar surface area (TPSA) is 62.5 Å². The summed E-state index contributed by atoms with van der Waals surface area (Å²) in [5.74, 6) is 1.28. The van der Waals surface area contributed by atoms with Gasteiger partial charge in [0.25, 0.3) is 0 Å². The van der Waals surface area contributed by atoms with Gasteiger partial charge >= 0.3 is 0 Å². The third-order valence-corrected chi connectivity index (χ3v) is 5.88. The zero-order valence-corrected chi connectivity index (χ0v) is 17.5. The third kappa shape index (κ3) is 4.76. The van der Waals surface area contributed by atoms with Crippen LogP contribution in [0.1, 0.15) is 11.5 Å². The van der Waals surface area contributed by atoms with E-state index in [4.69, 9.17) is 4.52 Å². The maximum atomic E-state index is 12.4. The number of hydrogen-bond donors (Lipinski definition) is 0. The van der Waals surface area contributed by atoms with Gasteiger partial charge in [-0.1, -0.05) is 39.3 Å². The molecule has 0 N–H and O–H groups in total. The predicted octanol–water partition coefficient (Wildman–Crippen LogP) is 3.92. The third-order valence-electron chi connectivity index (χ3n) is 4.52. The van der Waals surface area contributed by atoms with E-state index in [1.54, 1.807) is 17.4 Å². The van der Waals surface area contributed by atoms with E-state index >= 15 is 0 Å². The van der Waals surface area contributed by atoms with Crippen molar-refractivity contribution >= 4 is 39.2 Å². The minimum atomic E-state index is 0.0393. The molecule has 0 radical (unpaired) electrons. The number of carbonyl (C=O) groups excluding carboxylic acids is 1. The second kappa shape index (κ2) is 8.81. The van der Waals surface area contributed by atoms with Crippen LogP contribution < -0.4 is 0 Å². The van der Waals surface area contributed by atoms with E-state index in [-0.39, 0.29) is 5.91 Å². The summed E-state index contributed by atoms with van der Waals surface area (Å²) in [6.45, 7) is 3.55. The molecule has 0 unspecified atom stereocenters. The Morgan fingerprint density at radius 2 is 2.07 bits per heavy atom. The molecule has 1 aromatic carbocycles. The molecule has 4 rings (SSSR count). The standard InChI is InChI=1S/C20H19BrN4O2S/c21-16-4-1-3-15(13-16)6-7-19(26)25-10-8-24(9-11-25)14-18-22-20(23-27-18)17-5-2-12-28-17/h1-7,12-13H,8-11,14H2. The van der Waals surface area contributed by atoms with Gasteiger partial charge in [0.05, 0.1) is 11.4 Å². The van der Waals surface area contributed by atoms with E-state index in [1.165, 1.54) is 0 Å². The molecule has 1 aliphatic heterocycles. The number of nitrogens with zero attached hydrogens (tertiary/aromatic N) is 4. The van der Waals surface area contributed by atoms with Crippen LogP contribution in [0.4, 0.5) is 0 Å². The predicted molar refractivity (Wildman–Crippen MR) is 113 cm³/mol. The van der Waals surface area contributed by atoms with E-state index in [9.17, 15) is 4.79 Å². The molecular weight excluding hydrogens is 440 g/mol. The summed E-state index contributed by atoms with van der Waals surface area (Å²) in [4.78, 5) is 22.0. The van der Waals surface area contributed by atoms with Crippen LogP contribution in [0.3, 0.4) is 0 Å². The first-order valence-electron chi connectivity index (χ1n) is 8.99. The molecular formula is C20H19BrN4O2S. The number of benzene rings is 1. The SMILES string of the molecule is O=C(C=Cc1cccc(Br)c1)N1CCN(Cc2nc(-c3cccs3)no2)CC1. The summed E-state index contributed by atoms with van der Waals surface area (Å²) in [5, 5.41) is 6.04. The number of carbonyl (C=O) groups is 1. The fraction of sp³-hybridized carbons (Fsp3) is 0.250. The molecule has 3 heterocycles. The van der Waals surface area contributed by atoms with E-state index in [0.717, 1.165) is 28.0 Å². The average molecular weight is 459 g/mol. The van der Waals surface area contributed by atoms with Crippen LogP contribution in [-0.4, -0.2) is 52.0 Å². The summed E-state index contributed by atoms with van der Waals surface area (Å²) in [6, 6.07) is 11.8. The normalized spacial score (nSPS) is 15.4. The van der Waals surface area contributed by atoms with Crippen molar-refractivity contribution < 1.29 is 9.32 Å². The number of thiophene rings is 1. The van der Waals surface area contributed by atoms with Crippen molar-refractivity contribution in [3.63, 3.8) is 0 Å². The second-order valence-corrected chi connectivity index (χ2v) is 8.34. The van der Waals surface area contributed by atoms with Gasteiger partial charge in [-0.2, -0.15) is 4.98 Å². The Bertz CT molecular complexity index is 962. The van der Waals surface area contributed by atoms with Gasteiger partial charge in [0.1, 0.15) is 0 Å². The van der Waals surface area contributed by atoms with E-state index in [1.807, 2.05) is 52.8 Å². The maximum absolute atomic E-state index is 12.4. The van der Waals surface area contributed by atoms with Crippen LogP contribution in [0, 0.1) is 0 Å². The largest absolute Gasteiger partial charge is 0.338 e. The van der Waals surface area contributed by atoms with Crippen LogP contribution in [0.15, 0.2) is 56.9 Å². The molecule has 6 nitrogen and oxygen atoms in total. The van der Waals surface area contributed by atoms with Crippen molar-refractivity contribution in [2.24, 2.45) is 0 Å². The maximum Gasteiger partial charge on any atom is 0.246 e. The number of rotatable bonds is 5. The second-order valence-electron chi connectivity index (χ2n) is 6.48. The molecule has 2 aromatic heterocycles. The minimum Gasteiger partial charge on any atom is -0.338 e. The molecule has 0 aliphatic carbocycles. The summed E-state index contributed by atoms with van der Waals surface area (Å²) in [6.07, 6.45) is 3.49. The van der Waals surface area contributed by atoms with Crippen molar-refractivity contribution in [3.8, 4) is 10.7 Å². The summed E-state index contributed by atoms with van der Waals surface area (Å²) in [5.41, 5.74) is 0.999. The Hall–Kier alpha value is -2.29. The molecule has 0 atom stereocenters. The number of halogens is 1. The van der Waals surface area contributed by atoms with Crippen molar-refractivity contribution in [3.05, 3.63) is 63.8 Å². The molecule has 0 spiro atoms. The highest BCUT2D eigenvalue weighted by molar-refractivity contribution is 9.10. The zero-order chi connectivity index (χ0) is 19.3. The van der Waals surface area contributed by atoms with Crippen LogP contribution in [-0.2, 0) is 11.3 Å². The lowest BCUT2D eigenvalue weighted by molar-refractivity contribution is -0.127. The Balaban J connectivity index is 1.28. The fourth-order valence-corrected chi connectivity index (χ4v) is 4.09. The van der Waals surface area contributed by atoms with Gasteiger partial charge < -0.3 is 9.42 Å². The lowest BCUT2D eigenvalue weighted by Gasteiger charge is -2.33. The van der Waals surface area contributed by atoms with Crippen LogP contribution >= 0.6 is 27.3 Å². The quantitative estimate of drug-likeness (QED) is 0.542. The Morgan fingerprint density at radius 1 is 1.21 bits per heavy atom. The number of piperazine rings is 1. The van der Waals surface area contributed by atoms with Crippen molar-refractivity contribution in [1.82, 2.24) is 19.9 Å². The summed E-state index contributed by atoms with van der Waals surface area (Å²) in [7, 11) is 0. The molecule has 1 amide bonds. The molecule has 1 aliphatic rings.